The summed E-state index contributed by atoms with van der Waals surface area (Å²) < 4.78 is 14.4. The minimum Gasteiger partial charge on any atom is -0.468 e. The Kier molecular flexibility index (Phi) is 3.34. The molecule has 0 aromatic carbocycles. The molecule has 0 radical (unpaired) electrons. The number of ether oxygens (including phenoxy) is 3. The summed E-state index contributed by atoms with van der Waals surface area (Å²) in [5.41, 5.74) is -0.250. The summed E-state index contributed by atoms with van der Waals surface area (Å²) in [5, 5.41) is 0. The molecule has 1 heterocycles. The summed E-state index contributed by atoms with van der Waals surface area (Å²) in [5.74, 6) is -2.03. The first-order valence-electron chi connectivity index (χ1n) is 4.76. The average Bonchev–Trinajstić information content (AvgIpc) is 2.80. The lowest BCUT2D eigenvalue weighted by Crippen LogP contribution is -2.28. The Hall–Kier alpha value is -1.10. The molecule has 86 valence electrons. The molecule has 1 saturated heterocycles. The number of hydrogen-bond acceptors (Lipinski definition) is 5. The van der Waals surface area contributed by atoms with Crippen LogP contribution in [-0.2, 0) is 23.8 Å². The smallest absolute Gasteiger partial charge is 0.320 e. The van der Waals surface area contributed by atoms with Gasteiger partial charge in [0, 0.05) is 6.42 Å². The van der Waals surface area contributed by atoms with Crippen molar-refractivity contribution in [1.82, 2.24) is 0 Å². The van der Waals surface area contributed by atoms with Gasteiger partial charge in [-0.1, -0.05) is 0 Å². The number of epoxide rings is 1. The molecule has 0 aromatic rings. The Balaban J connectivity index is 2.58. The van der Waals surface area contributed by atoms with Gasteiger partial charge in [0.25, 0.3) is 0 Å². The highest BCUT2D eigenvalue weighted by Crippen LogP contribution is 2.39. The van der Waals surface area contributed by atoms with Crippen molar-refractivity contribution in [2.24, 2.45) is 5.92 Å². The van der Waals surface area contributed by atoms with E-state index in [-0.39, 0.29) is 11.7 Å². The number of carbonyl (C=O) groups excluding carboxylic acids is 2. The summed E-state index contributed by atoms with van der Waals surface area (Å²) in [7, 11) is 2.49. The second-order valence-electron chi connectivity index (χ2n) is 4.04. The lowest BCUT2D eigenvalue weighted by atomic mass is 9.98. The lowest BCUT2D eigenvalue weighted by Gasteiger charge is -2.10. The molecular weight excluding hydrogens is 200 g/mol. The summed E-state index contributed by atoms with van der Waals surface area (Å²) in [6, 6.07) is 0. The highest BCUT2D eigenvalue weighted by Gasteiger charge is 2.50. The minimum atomic E-state index is -0.883. The van der Waals surface area contributed by atoms with Crippen LogP contribution in [0.5, 0.6) is 0 Å². The first kappa shape index (κ1) is 12.0. The molecule has 1 atom stereocenters. The van der Waals surface area contributed by atoms with E-state index in [2.05, 4.69) is 9.47 Å². The highest BCUT2D eigenvalue weighted by atomic mass is 16.6. The fourth-order valence-corrected chi connectivity index (χ4v) is 1.45. The van der Waals surface area contributed by atoms with Gasteiger partial charge in [0.15, 0.2) is 5.92 Å². The lowest BCUT2D eigenvalue weighted by molar-refractivity contribution is -0.159. The normalized spacial score (nSPS) is 22.3. The molecule has 0 amide bonds. The van der Waals surface area contributed by atoms with E-state index in [4.69, 9.17) is 4.74 Å². The third-order valence-corrected chi connectivity index (χ3v) is 2.59. The zero-order valence-electron chi connectivity index (χ0n) is 9.40. The molecule has 1 fully saturated rings. The van der Waals surface area contributed by atoms with Crippen LogP contribution in [0.2, 0.25) is 0 Å². The predicted molar refractivity (Wildman–Crippen MR) is 51.1 cm³/mol. The first-order valence-corrected chi connectivity index (χ1v) is 4.76. The summed E-state index contributed by atoms with van der Waals surface area (Å²) in [6.45, 7) is 3.81. The van der Waals surface area contributed by atoms with Crippen molar-refractivity contribution < 1.29 is 23.8 Å². The maximum Gasteiger partial charge on any atom is 0.320 e. The molecule has 5 heteroatoms. The van der Waals surface area contributed by atoms with Crippen LogP contribution in [0, 0.1) is 5.92 Å². The van der Waals surface area contributed by atoms with E-state index in [9.17, 15) is 9.59 Å². The van der Waals surface area contributed by atoms with Gasteiger partial charge in [0.1, 0.15) is 0 Å². The molecule has 0 aliphatic carbocycles. The Morgan fingerprint density at radius 2 is 1.67 bits per heavy atom. The number of methoxy groups -OCH3 is 2. The zero-order chi connectivity index (χ0) is 11.6. The van der Waals surface area contributed by atoms with Crippen molar-refractivity contribution in [3.63, 3.8) is 0 Å². The van der Waals surface area contributed by atoms with Crippen LogP contribution in [0.15, 0.2) is 0 Å². The van der Waals surface area contributed by atoms with E-state index >= 15 is 0 Å². The predicted octanol–water partition coefficient (Wildman–Crippen LogP) is 0.516. The van der Waals surface area contributed by atoms with E-state index in [1.165, 1.54) is 14.2 Å². The maximum absolute atomic E-state index is 11.3. The van der Waals surface area contributed by atoms with Crippen molar-refractivity contribution in [3.05, 3.63) is 0 Å². The molecule has 5 nitrogen and oxygen atoms in total. The van der Waals surface area contributed by atoms with Gasteiger partial charge in [-0.25, -0.2) is 0 Å². The van der Waals surface area contributed by atoms with E-state index in [0.717, 1.165) is 0 Å². The van der Waals surface area contributed by atoms with Crippen molar-refractivity contribution in [3.8, 4) is 0 Å². The maximum atomic E-state index is 11.3. The fourth-order valence-electron chi connectivity index (χ4n) is 1.45. The third-order valence-electron chi connectivity index (χ3n) is 2.59. The average molecular weight is 216 g/mol. The van der Waals surface area contributed by atoms with Crippen LogP contribution >= 0.6 is 0 Å². The van der Waals surface area contributed by atoms with Gasteiger partial charge in [0.2, 0.25) is 0 Å². The Morgan fingerprint density at radius 1 is 1.27 bits per heavy atom. The van der Waals surface area contributed by atoms with Crippen LogP contribution in [0.1, 0.15) is 20.3 Å². The van der Waals surface area contributed by atoms with E-state index in [1.54, 1.807) is 0 Å². The van der Waals surface area contributed by atoms with Gasteiger partial charge in [-0.3, -0.25) is 9.59 Å². The Bertz CT molecular complexity index is 255. The van der Waals surface area contributed by atoms with Crippen LogP contribution in [0.4, 0.5) is 0 Å². The fraction of sp³-hybridized carbons (Fsp3) is 0.800. The minimum absolute atomic E-state index is 0.0827. The second-order valence-corrected chi connectivity index (χ2v) is 4.04. The molecule has 0 spiro atoms. The Labute approximate surface area is 88.7 Å². The number of carbonyl (C=O) groups is 2. The van der Waals surface area contributed by atoms with Crippen molar-refractivity contribution >= 4 is 11.9 Å². The monoisotopic (exact) mass is 216 g/mol. The second kappa shape index (κ2) is 4.18. The standard InChI is InChI=1S/C10H16O5/c1-10(2)7(15-10)5-6(8(11)13-3)9(12)14-4/h6-7H,5H2,1-4H3. The number of esters is 2. The molecule has 1 unspecified atom stereocenters. The molecule has 15 heavy (non-hydrogen) atoms. The van der Waals surface area contributed by atoms with Crippen molar-refractivity contribution in [2.45, 2.75) is 32.0 Å². The molecule has 1 rings (SSSR count). The van der Waals surface area contributed by atoms with E-state index in [1.807, 2.05) is 13.8 Å². The van der Waals surface area contributed by atoms with Crippen LogP contribution in [0.25, 0.3) is 0 Å². The summed E-state index contributed by atoms with van der Waals surface area (Å²) >= 11 is 0. The SMILES string of the molecule is COC(=O)C(CC1OC1(C)C)C(=O)OC. The highest BCUT2D eigenvalue weighted by molar-refractivity contribution is 5.94. The van der Waals surface area contributed by atoms with Crippen molar-refractivity contribution in [1.29, 1.82) is 0 Å². The van der Waals surface area contributed by atoms with Crippen LogP contribution < -0.4 is 0 Å². The van der Waals surface area contributed by atoms with Gasteiger partial charge < -0.3 is 14.2 Å². The van der Waals surface area contributed by atoms with Crippen LogP contribution in [0.3, 0.4) is 0 Å². The molecule has 1 aliphatic heterocycles. The molecule has 0 bridgehead atoms. The third kappa shape index (κ3) is 2.68. The quantitative estimate of drug-likeness (QED) is 0.389. The zero-order valence-corrected chi connectivity index (χ0v) is 9.40. The molecule has 0 N–H and O–H groups in total. The first-order chi connectivity index (χ1) is 6.92. The van der Waals surface area contributed by atoms with Gasteiger partial charge in [-0.2, -0.15) is 0 Å². The Morgan fingerprint density at radius 3 is 1.93 bits per heavy atom. The van der Waals surface area contributed by atoms with Gasteiger partial charge >= 0.3 is 11.9 Å². The number of rotatable bonds is 4. The molecular formula is C10H16O5. The molecule has 1 aliphatic rings. The van der Waals surface area contributed by atoms with Gasteiger partial charge in [-0.15, -0.1) is 0 Å². The number of hydrogen-bond donors (Lipinski definition) is 0. The molecule has 0 saturated carbocycles. The summed E-state index contributed by atoms with van der Waals surface area (Å²) in [6.07, 6.45) is 0.229. The summed E-state index contributed by atoms with van der Waals surface area (Å²) in [4.78, 5) is 22.6. The van der Waals surface area contributed by atoms with Gasteiger partial charge in [0.05, 0.1) is 25.9 Å². The van der Waals surface area contributed by atoms with Gasteiger partial charge in [-0.05, 0) is 13.8 Å². The molecule has 0 aromatic heterocycles. The van der Waals surface area contributed by atoms with Crippen molar-refractivity contribution in [2.75, 3.05) is 14.2 Å². The van der Waals surface area contributed by atoms with E-state index in [0.29, 0.717) is 6.42 Å². The topological polar surface area (TPSA) is 65.1 Å². The van der Waals surface area contributed by atoms with E-state index < -0.39 is 17.9 Å². The largest absolute Gasteiger partial charge is 0.468 e. The van der Waals surface area contributed by atoms with Crippen LogP contribution in [-0.4, -0.2) is 37.9 Å².